The maximum Gasteiger partial charge on any atom is 0.338 e. The summed E-state index contributed by atoms with van der Waals surface area (Å²) in [6.45, 7) is 4.04. The molecule has 4 aromatic rings. The van der Waals surface area contributed by atoms with Crippen molar-refractivity contribution in [1.29, 1.82) is 0 Å². The van der Waals surface area contributed by atoms with Gasteiger partial charge in [-0.05, 0) is 31.5 Å². The van der Waals surface area contributed by atoms with Crippen LogP contribution in [0.3, 0.4) is 0 Å². The second kappa shape index (κ2) is 10.4. The summed E-state index contributed by atoms with van der Waals surface area (Å²) in [4.78, 5) is 37.6. The van der Waals surface area contributed by atoms with Gasteiger partial charge in [0, 0.05) is 13.5 Å². The Labute approximate surface area is 224 Å². The van der Waals surface area contributed by atoms with Crippen molar-refractivity contribution < 1.29 is 28.2 Å². The van der Waals surface area contributed by atoms with Crippen molar-refractivity contribution in [3.8, 4) is 0 Å². The van der Waals surface area contributed by atoms with Crippen LogP contribution >= 0.6 is 0 Å². The van der Waals surface area contributed by atoms with E-state index >= 15 is 4.39 Å². The average Bonchev–Trinajstić information content (AvgIpc) is 3.43. The number of rotatable bonds is 8. The van der Waals surface area contributed by atoms with Crippen molar-refractivity contribution in [2.24, 2.45) is 0 Å². The van der Waals surface area contributed by atoms with E-state index in [9.17, 15) is 9.59 Å². The number of hydrogen-bond acceptors (Lipinski definition) is 9. The van der Waals surface area contributed by atoms with Gasteiger partial charge < -0.3 is 19.5 Å². The first-order valence-electron chi connectivity index (χ1n) is 12.4. The zero-order valence-corrected chi connectivity index (χ0v) is 21.7. The number of benzene rings is 2. The number of nitrogens with one attached hydrogen (secondary N) is 1. The summed E-state index contributed by atoms with van der Waals surface area (Å²) in [6.07, 6.45) is 0.332. The van der Waals surface area contributed by atoms with E-state index in [4.69, 9.17) is 14.2 Å². The van der Waals surface area contributed by atoms with Crippen LogP contribution in [-0.2, 0) is 25.5 Å². The average molecular weight is 534 g/mol. The Morgan fingerprint density at radius 2 is 1.74 bits per heavy atom. The summed E-state index contributed by atoms with van der Waals surface area (Å²) in [7, 11) is 0. The molecule has 5 rings (SSSR count). The van der Waals surface area contributed by atoms with Crippen molar-refractivity contribution >= 4 is 28.9 Å². The Morgan fingerprint density at radius 3 is 2.44 bits per heavy atom. The van der Waals surface area contributed by atoms with Gasteiger partial charge in [0.2, 0.25) is 0 Å². The Hall–Kier alpha value is -4.38. The lowest BCUT2D eigenvalue weighted by Gasteiger charge is -2.36. The highest BCUT2D eigenvalue weighted by Gasteiger charge is 2.66. The molecule has 39 heavy (non-hydrogen) atoms. The van der Waals surface area contributed by atoms with E-state index in [1.165, 1.54) is 38.0 Å². The minimum absolute atomic E-state index is 0.321. The standard InChI is InChI=1S/C28H28FN5O5/c1-18(35)39-28(3)21(15-37-25(36)20-12-8-5-9-13-20)38-26(27(28,2)29)34-17-33-22-23(31-16-32-24(22)34)30-14-19-10-6-4-7-11-19/h4-13,16-17,21,26H,14-15H2,1-3H3,(H,30,31,32)/t21-,26-,27+,28+/m1/s1. The van der Waals surface area contributed by atoms with Crippen molar-refractivity contribution in [1.82, 2.24) is 19.5 Å². The molecule has 2 aromatic carbocycles. The van der Waals surface area contributed by atoms with Crippen LogP contribution in [0.4, 0.5) is 10.2 Å². The van der Waals surface area contributed by atoms with E-state index in [2.05, 4.69) is 20.3 Å². The van der Waals surface area contributed by atoms with Crippen molar-refractivity contribution in [3.63, 3.8) is 0 Å². The number of nitrogens with zero attached hydrogens (tertiary/aromatic N) is 4. The predicted octanol–water partition coefficient (Wildman–Crippen LogP) is 4.24. The second-order valence-electron chi connectivity index (χ2n) is 9.60. The highest BCUT2D eigenvalue weighted by Crippen LogP contribution is 2.51. The molecule has 0 aliphatic carbocycles. The van der Waals surface area contributed by atoms with Crippen LogP contribution in [0.15, 0.2) is 73.3 Å². The number of carbonyl (C=O) groups excluding carboxylic acids is 2. The molecule has 2 aromatic heterocycles. The highest BCUT2D eigenvalue weighted by atomic mass is 19.1. The van der Waals surface area contributed by atoms with Gasteiger partial charge in [-0.3, -0.25) is 9.36 Å². The summed E-state index contributed by atoms with van der Waals surface area (Å²) >= 11 is 0. The summed E-state index contributed by atoms with van der Waals surface area (Å²) in [5, 5.41) is 3.24. The quantitative estimate of drug-likeness (QED) is 0.332. The minimum atomic E-state index is -2.27. The van der Waals surface area contributed by atoms with Crippen LogP contribution in [0.25, 0.3) is 11.2 Å². The van der Waals surface area contributed by atoms with Gasteiger partial charge in [-0.2, -0.15) is 0 Å². The molecule has 202 valence electrons. The molecule has 3 heterocycles. The number of anilines is 1. The van der Waals surface area contributed by atoms with Crippen molar-refractivity contribution in [2.75, 3.05) is 11.9 Å². The van der Waals surface area contributed by atoms with Crippen LogP contribution in [0.5, 0.6) is 0 Å². The molecule has 1 fully saturated rings. The van der Waals surface area contributed by atoms with Crippen molar-refractivity contribution in [2.45, 2.75) is 50.9 Å². The number of halogens is 1. The SMILES string of the molecule is CC(=O)O[C@@]1(C)[C@@H](COC(=O)c2ccccc2)O[C@@H](n2cnc3c(NCc4ccccc4)ncnc32)[C@]1(C)F. The first-order chi connectivity index (χ1) is 18.7. The van der Waals surface area contributed by atoms with Crippen LogP contribution < -0.4 is 5.32 Å². The van der Waals surface area contributed by atoms with Gasteiger partial charge in [-0.15, -0.1) is 0 Å². The van der Waals surface area contributed by atoms with E-state index in [1.807, 2.05) is 30.3 Å². The zero-order valence-electron chi connectivity index (χ0n) is 21.7. The molecule has 1 aliphatic rings. The molecule has 1 aliphatic heterocycles. The zero-order chi connectivity index (χ0) is 27.6. The molecule has 0 bridgehead atoms. The minimum Gasteiger partial charge on any atom is -0.459 e. The van der Waals surface area contributed by atoms with Crippen LogP contribution in [0.1, 0.15) is 42.9 Å². The van der Waals surface area contributed by atoms with Crippen molar-refractivity contribution in [3.05, 3.63) is 84.4 Å². The van der Waals surface area contributed by atoms with Crippen LogP contribution in [0.2, 0.25) is 0 Å². The molecule has 4 atom stereocenters. The van der Waals surface area contributed by atoms with Gasteiger partial charge in [0.15, 0.2) is 34.5 Å². The fraction of sp³-hybridized carbons (Fsp3) is 0.321. The van der Waals surface area contributed by atoms with Gasteiger partial charge in [0.1, 0.15) is 19.0 Å². The van der Waals surface area contributed by atoms with E-state index in [1.54, 1.807) is 30.3 Å². The van der Waals surface area contributed by atoms with E-state index in [0.717, 1.165) is 5.56 Å². The summed E-state index contributed by atoms with van der Waals surface area (Å²) in [6, 6.07) is 18.2. The Kier molecular flexibility index (Phi) is 7.00. The monoisotopic (exact) mass is 533 g/mol. The summed E-state index contributed by atoms with van der Waals surface area (Å²) in [5.41, 5.74) is -1.94. The molecule has 0 saturated carbocycles. The number of esters is 2. The predicted molar refractivity (Wildman–Crippen MR) is 139 cm³/mol. The van der Waals surface area contributed by atoms with Gasteiger partial charge in [0.05, 0.1) is 11.9 Å². The lowest BCUT2D eigenvalue weighted by atomic mass is 9.84. The topological polar surface area (TPSA) is 117 Å². The molecule has 1 N–H and O–H groups in total. The van der Waals surface area contributed by atoms with E-state index < -0.39 is 35.5 Å². The van der Waals surface area contributed by atoms with E-state index in [0.29, 0.717) is 29.1 Å². The highest BCUT2D eigenvalue weighted by molar-refractivity contribution is 5.89. The number of aromatic nitrogens is 4. The maximum absolute atomic E-state index is 16.7. The smallest absolute Gasteiger partial charge is 0.338 e. The van der Waals surface area contributed by atoms with Gasteiger partial charge >= 0.3 is 11.9 Å². The van der Waals surface area contributed by atoms with Crippen LogP contribution in [-0.4, -0.2) is 55.4 Å². The number of alkyl halides is 1. The molecule has 0 spiro atoms. The number of imidazole rings is 1. The first-order valence-corrected chi connectivity index (χ1v) is 12.4. The number of carbonyl (C=O) groups is 2. The Balaban J connectivity index is 1.43. The lowest BCUT2D eigenvalue weighted by Crippen LogP contribution is -2.55. The molecule has 10 nitrogen and oxygen atoms in total. The fourth-order valence-corrected chi connectivity index (χ4v) is 4.71. The van der Waals surface area contributed by atoms with Gasteiger partial charge in [-0.25, -0.2) is 24.1 Å². The lowest BCUT2D eigenvalue weighted by molar-refractivity contribution is -0.175. The van der Waals surface area contributed by atoms with Crippen LogP contribution in [0, 0.1) is 0 Å². The fourth-order valence-electron chi connectivity index (χ4n) is 4.71. The second-order valence-corrected chi connectivity index (χ2v) is 9.60. The molecule has 1 saturated heterocycles. The molecule has 0 unspecified atom stereocenters. The largest absolute Gasteiger partial charge is 0.459 e. The first kappa shape index (κ1) is 26.2. The number of fused-ring (bicyclic) bond motifs is 1. The van der Waals surface area contributed by atoms with Gasteiger partial charge in [-0.1, -0.05) is 48.5 Å². The van der Waals surface area contributed by atoms with Gasteiger partial charge in [0.25, 0.3) is 0 Å². The molecular formula is C28H28FN5O5. The molecule has 0 radical (unpaired) electrons. The molecule has 11 heteroatoms. The summed E-state index contributed by atoms with van der Waals surface area (Å²) in [5.74, 6) is -0.837. The third-order valence-corrected chi connectivity index (χ3v) is 6.99. The normalized spacial score (nSPS) is 24.4. The third-order valence-electron chi connectivity index (χ3n) is 6.99. The Bertz CT molecular complexity index is 1480. The third kappa shape index (κ3) is 4.92. The summed E-state index contributed by atoms with van der Waals surface area (Å²) < 4.78 is 35.2. The number of hydrogen-bond donors (Lipinski definition) is 1. The maximum atomic E-state index is 16.7. The van der Waals surface area contributed by atoms with E-state index in [-0.39, 0.29) is 6.61 Å². The molecule has 0 amide bonds. The molecular weight excluding hydrogens is 505 g/mol. The Morgan fingerprint density at radius 1 is 1.05 bits per heavy atom. The number of ether oxygens (including phenoxy) is 3.